The molecule has 0 aliphatic carbocycles. The maximum atomic E-state index is 12.0. The maximum absolute atomic E-state index is 12.0. The van der Waals surface area contributed by atoms with Crippen molar-refractivity contribution in [1.82, 2.24) is 0 Å². The van der Waals surface area contributed by atoms with Gasteiger partial charge in [-0.05, 0) is 49.9 Å². The standard InChI is InChI=1S/C14H21N3O/c1-11-9-12(15)5-6-13(11)16-14(18)10-17-7-3-2-4-8-17/h5-6,9H,2-4,7-8,10,15H2,1H3,(H,16,18)/p+1. The van der Waals surface area contributed by atoms with E-state index in [1.807, 2.05) is 25.1 Å². The van der Waals surface area contributed by atoms with Crippen molar-refractivity contribution >= 4 is 17.3 Å². The first-order valence-electron chi connectivity index (χ1n) is 6.65. The molecule has 0 atom stereocenters. The second-order valence-electron chi connectivity index (χ2n) is 5.11. The molecular weight excluding hydrogens is 226 g/mol. The van der Waals surface area contributed by atoms with Crippen LogP contribution in [-0.2, 0) is 4.79 Å². The number of hydrogen-bond donors (Lipinski definition) is 3. The summed E-state index contributed by atoms with van der Waals surface area (Å²) in [4.78, 5) is 13.3. The van der Waals surface area contributed by atoms with E-state index in [1.54, 1.807) is 0 Å². The molecule has 2 rings (SSSR count). The number of nitrogens with one attached hydrogen (secondary N) is 2. The van der Waals surface area contributed by atoms with Gasteiger partial charge in [0.05, 0.1) is 13.1 Å². The summed E-state index contributed by atoms with van der Waals surface area (Å²) in [6.07, 6.45) is 3.79. The second kappa shape index (κ2) is 5.87. The Kier molecular flexibility index (Phi) is 4.20. The number of piperidine rings is 1. The predicted octanol–water partition coefficient (Wildman–Crippen LogP) is 0.585. The Bertz CT molecular complexity index is 425. The molecule has 1 amide bonds. The van der Waals surface area contributed by atoms with Crippen LogP contribution in [-0.4, -0.2) is 25.5 Å². The number of amides is 1. The molecule has 0 radical (unpaired) electrons. The zero-order valence-electron chi connectivity index (χ0n) is 11.0. The molecular formula is C14H22N3O+. The van der Waals surface area contributed by atoms with Crippen LogP contribution in [0.4, 0.5) is 11.4 Å². The monoisotopic (exact) mass is 248 g/mol. The molecule has 1 heterocycles. The van der Waals surface area contributed by atoms with Gasteiger partial charge in [0.2, 0.25) is 0 Å². The van der Waals surface area contributed by atoms with Crippen molar-refractivity contribution in [3.05, 3.63) is 23.8 Å². The third-order valence-corrected chi connectivity index (χ3v) is 3.50. The van der Waals surface area contributed by atoms with E-state index in [-0.39, 0.29) is 5.91 Å². The summed E-state index contributed by atoms with van der Waals surface area (Å²) in [7, 11) is 0. The van der Waals surface area contributed by atoms with Gasteiger partial charge in [0.1, 0.15) is 0 Å². The van der Waals surface area contributed by atoms with E-state index in [1.165, 1.54) is 24.2 Å². The van der Waals surface area contributed by atoms with Crippen LogP contribution in [0.1, 0.15) is 24.8 Å². The fourth-order valence-electron chi connectivity index (χ4n) is 2.48. The Morgan fingerprint density at radius 2 is 2.06 bits per heavy atom. The van der Waals surface area contributed by atoms with E-state index >= 15 is 0 Å². The van der Waals surface area contributed by atoms with Crippen molar-refractivity contribution in [2.45, 2.75) is 26.2 Å². The zero-order valence-corrected chi connectivity index (χ0v) is 11.0. The topological polar surface area (TPSA) is 59.6 Å². The second-order valence-corrected chi connectivity index (χ2v) is 5.11. The smallest absolute Gasteiger partial charge is 0.279 e. The fraction of sp³-hybridized carbons (Fsp3) is 0.500. The minimum absolute atomic E-state index is 0.0970. The molecule has 1 aliphatic rings. The third-order valence-electron chi connectivity index (χ3n) is 3.50. The molecule has 1 aromatic rings. The lowest BCUT2D eigenvalue weighted by atomic mass is 10.1. The molecule has 4 nitrogen and oxygen atoms in total. The first-order chi connectivity index (χ1) is 8.65. The first-order valence-corrected chi connectivity index (χ1v) is 6.65. The lowest BCUT2D eigenvalue weighted by molar-refractivity contribution is -0.896. The molecule has 0 bridgehead atoms. The number of carbonyl (C=O) groups excluding carboxylic acids is 1. The van der Waals surface area contributed by atoms with E-state index in [4.69, 9.17) is 5.73 Å². The van der Waals surface area contributed by atoms with Gasteiger partial charge in [0.15, 0.2) is 6.54 Å². The quantitative estimate of drug-likeness (QED) is 0.686. The average molecular weight is 248 g/mol. The van der Waals surface area contributed by atoms with Gasteiger partial charge >= 0.3 is 0 Å². The number of anilines is 2. The minimum atomic E-state index is 0.0970. The van der Waals surface area contributed by atoms with E-state index < -0.39 is 0 Å². The zero-order chi connectivity index (χ0) is 13.0. The molecule has 1 fully saturated rings. The highest BCUT2D eigenvalue weighted by atomic mass is 16.2. The maximum Gasteiger partial charge on any atom is 0.279 e. The molecule has 0 unspecified atom stereocenters. The number of benzene rings is 1. The van der Waals surface area contributed by atoms with Crippen LogP contribution < -0.4 is 16.0 Å². The Morgan fingerprint density at radius 1 is 1.33 bits per heavy atom. The van der Waals surface area contributed by atoms with Gasteiger partial charge in [-0.1, -0.05) is 0 Å². The van der Waals surface area contributed by atoms with Gasteiger partial charge in [-0.3, -0.25) is 4.79 Å². The third kappa shape index (κ3) is 3.47. The molecule has 0 spiro atoms. The molecule has 98 valence electrons. The van der Waals surface area contributed by atoms with Crippen molar-refractivity contribution in [2.24, 2.45) is 0 Å². The molecule has 1 aliphatic heterocycles. The highest BCUT2D eigenvalue weighted by Gasteiger charge is 2.17. The van der Waals surface area contributed by atoms with E-state index in [2.05, 4.69) is 5.32 Å². The number of nitrogens with two attached hydrogens (primary N) is 1. The average Bonchev–Trinajstić information content (AvgIpc) is 2.34. The number of nitrogen functional groups attached to an aromatic ring is 1. The van der Waals surface area contributed by atoms with Crippen molar-refractivity contribution in [1.29, 1.82) is 0 Å². The number of likely N-dealkylation sites (tertiary alicyclic amines) is 1. The number of quaternary nitrogens is 1. The number of hydrogen-bond acceptors (Lipinski definition) is 2. The van der Waals surface area contributed by atoms with Gasteiger partial charge in [0, 0.05) is 11.4 Å². The van der Waals surface area contributed by atoms with Crippen LogP contribution in [0.15, 0.2) is 18.2 Å². The van der Waals surface area contributed by atoms with E-state index in [9.17, 15) is 4.79 Å². The molecule has 4 heteroatoms. The summed E-state index contributed by atoms with van der Waals surface area (Å²) in [6.45, 7) is 4.77. The highest BCUT2D eigenvalue weighted by molar-refractivity contribution is 5.92. The van der Waals surface area contributed by atoms with E-state index in [0.717, 1.165) is 30.0 Å². The summed E-state index contributed by atoms with van der Waals surface area (Å²) in [6, 6.07) is 5.56. The summed E-state index contributed by atoms with van der Waals surface area (Å²) in [5.41, 5.74) is 8.30. The fourth-order valence-corrected chi connectivity index (χ4v) is 2.48. The summed E-state index contributed by atoms with van der Waals surface area (Å²) in [5.74, 6) is 0.0970. The number of carbonyl (C=O) groups is 1. The van der Waals surface area contributed by atoms with Crippen LogP contribution in [0.5, 0.6) is 0 Å². The normalized spacial score (nSPS) is 16.5. The molecule has 0 aromatic heterocycles. The highest BCUT2D eigenvalue weighted by Crippen LogP contribution is 2.17. The van der Waals surface area contributed by atoms with Crippen LogP contribution in [0, 0.1) is 6.92 Å². The Balaban J connectivity index is 1.90. The summed E-state index contributed by atoms with van der Waals surface area (Å²) in [5, 5.41) is 2.97. The van der Waals surface area contributed by atoms with Crippen LogP contribution in [0.3, 0.4) is 0 Å². The predicted molar refractivity (Wildman–Crippen MR) is 73.6 cm³/mol. The molecule has 1 aromatic carbocycles. The van der Waals surface area contributed by atoms with E-state index in [0.29, 0.717) is 6.54 Å². The molecule has 0 saturated carbocycles. The van der Waals surface area contributed by atoms with Crippen LogP contribution in [0.25, 0.3) is 0 Å². The molecule has 4 N–H and O–H groups in total. The molecule has 18 heavy (non-hydrogen) atoms. The van der Waals surface area contributed by atoms with Crippen molar-refractivity contribution in [3.8, 4) is 0 Å². The Morgan fingerprint density at radius 3 is 2.72 bits per heavy atom. The van der Waals surface area contributed by atoms with Crippen LogP contribution in [0.2, 0.25) is 0 Å². The summed E-state index contributed by atoms with van der Waals surface area (Å²) < 4.78 is 0. The SMILES string of the molecule is Cc1cc(N)ccc1NC(=O)C[NH+]1CCCCC1. The van der Waals surface area contributed by atoms with Crippen LogP contribution >= 0.6 is 0 Å². The molecule has 1 saturated heterocycles. The van der Waals surface area contributed by atoms with Crippen molar-refractivity contribution < 1.29 is 9.69 Å². The van der Waals surface area contributed by atoms with Gasteiger partial charge < -0.3 is 16.0 Å². The number of rotatable bonds is 3. The largest absolute Gasteiger partial charge is 0.399 e. The van der Waals surface area contributed by atoms with Gasteiger partial charge in [-0.15, -0.1) is 0 Å². The lowest BCUT2D eigenvalue weighted by Crippen LogP contribution is -3.13. The van der Waals surface area contributed by atoms with Gasteiger partial charge in [-0.2, -0.15) is 0 Å². The minimum Gasteiger partial charge on any atom is -0.399 e. The first kappa shape index (κ1) is 12.9. The van der Waals surface area contributed by atoms with Crippen molar-refractivity contribution in [2.75, 3.05) is 30.7 Å². The summed E-state index contributed by atoms with van der Waals surface area (Å²) >= 11 is 0. The van der Waals surface area contributed by atoms with Gasteiger partial charge in [-0.25, -0.2) is 0 Å². The lowest BCUT2D eigenvalue weighted by Gasteiger charge is -2.23. The number of aryl methyl sites for hydroxylation is 1. The van der Waals surface area contributed by atoms with Gasteiger partial charge in [0.25, 0.3) is 5.91 Å². The Hall–Kier alpha value is -1.55. The Labute approximate surface area is 108 Å². The van der Waals surface area contributed by atoms with Crippen molar-refractivity contribution in [3.63, 3.8) is 0 Å².